The predicted molar refractivity (Wildman–Crippen MR) is 88.1 cm³/mol. The zero-order valence-electron chi connectivity index (χ0n) is 13.6. The number of benzene rings is 1. The molecule has 2 aromatic heterocycles. The van der Waals surface area contributed by atoms with Crippen LogP contribution in [0.2, 0.25) is 0 Å². The molecule has 3 aromatic rings. The molecule has 0 aliphatic heterocycles. The Hall–Kier alpha value is -3.09. The molecule has 0 aliphatic rings. The number of nitrogens with zero attached hydrogens (tertiary/aromatic N) is 2. The van der Waals surface area contributed by atoms with Gasteiger partial charge in [-0.25, -0.2) is 4.79 Å². The first kappa shape index (κ1) is 15.8. The second-order valence-corrected chi connectivity index (χ2v) is 5.48. The van der Waals surface area contributed by atoms with Crippen molar-refractivity contribution in [3.05, 3.63) is 58.2 Å². The minimum absolute atomic E-state index is 0.244. The molecule has 0 aliphatic carbocycles. The van der Waals surface area contributed by atoms with E-state index < -0.39 is 5.63 Å². The van der Waals surface area contributed by atoms with Crippen molar-refractivity contribution in [2.75, 3.05) is 7.11 Å². The van der Waals surface area contributed by atoms with Crippen LogP contribution in [0.15, 0.2) is 45.9 Å². The van der Waals surface area contributed by atoms with Crippen molar-refractivity contribution in [3.8, 4) is 5.75 Å². The molecule has 0 radical (unpaired) electrons. The van der Waals surface area contributed by atoms with Crippen LogP contribution >= 0.6 is 0 Å². The van der Waals surface area contributed by atoms with E-state index in [-0.39, 0.29) is 17.5 Å². The molecule has 1 aromatic carbocycles. The maximum Gasteiger partial charge on any atom is 0.337 e. The summed E-state index contributed by atoms with van der Waals surface area (Å²) in [5.41, 5.74) is 0.857. The Morgan fingerprint density at radius 2 is 2.17 bits per heavy atom. The van der Waals surface area contributed by atoms with E-state index in [1.54, 1.807) is 36.1 Å². The third-order valence-electron chi connectivity index (χ3n) is 3.77. The van der Waals surface area contributed by atoms with Gasteiger partial charge in [0, 0.05) is 36.3 Å². The summed E-state index contributed by atoms with van der Waals surface area (Å²) >= 11 is 0. The van der Waals surface area contributed by atoms with E-state index in [1.807, 2.05) is 13.1 Å². The summed E-state index contributed by atoms with van der Waals surface area (Å²) in [4.78, 5) is 24.4. The lowest BCUT2D eigenvalue weighted by Crippen LogP contribution is -2.27. The molecule has 1 atom stereocenters. The molecule has 0 spiro atoms. The number of rotatable bonds is 4. The second kappa shape index (κ2) is 6.19. The predicted octanol–water partition coefficient (Wildman–Crippen LogP) is 2.03. The zero-order chi connectivity index (χ0) is 17.3. The fraction of sp³-hybridized carbons (Fsp3) is 0.235. The summed E-state index contributed by atoms with van der Waals surface area (Å²) in [6, 6.07) is 5.94. The number of methoxy groups -OCH3 is 1. The summed E-state index contributed by atoms with van der Waals surface area (Å²) in [5.74, 6) is 0.196. The maximum absolute atomic E-state index is 12.6. The van der Waals surface area contributed by atoms with Crippen molar-refractivity contribution in [3.63, 3.8) is 0 Å². The minimum atomic E-state index is -0.588. The van der Waals surface area contributed by atoms with E-state index in [0.717, 1.165) is 5.56 Å². The Bertz CT molecular complexity index is 958. The lowest BCUT2D eigenvalue weighted by Gasteiger charge is -2.13. The molecule has 2 heterocycles. The lowest BCUT2D eigenvalue weighted by atomic mass is 10.1. The molecule has 1 amide bonds. The first-order chi connectivity index (χ1) is 11.5. The number of nitrogens with one attached hydrogen (secondary N) is 1. The molecular formula is C17H17N3O4. The van der Waals surface area contributed by atoms with Crippen LogP contribution in [0, 0.1) is 0 Å². The number of hydrogen-bond acceptors (Lipinski definition) is 5. The Morgan fingerprint density at radius 3 is 2.83 bits per heavy atom. The van der Waals surface area contributed by atoms with Crippen molar-refractivity contribution in [2.24, 2.45) is 7.05 Å². The fourth-order valence-electron chi connectivity index (χ4n) is 2.48. The Kier molecular flexibility index (Phi) is 4.07. The summed E-state index contributed by atoms with van der Waals surface area (Å²) in [6.45, 7) is 1.85. The van der Waals surface area contributed by atoms with Gasteiger partial charge in [0.1, 0.15) is 11.3 Å². The van der Waals surface area contributed by atoms with Crippen LogP contribution in [0.1, 0.15) is 28.9 Å². The number of carbonyl (C=O) groups is 1. The van der Waals surface area contributed by atoms with Gasteiger partial charge < -0.3 is 14.5 Å². The fourth-order valence-corrected chi connectivity index (χ4v) is 2.48. The monoisotopic (exact) mass is 327 g/mol. The topological polar surface area (TPSA) is 86.4 Å². The number of aromatic nitrogens is 2. The molecule has 0 fully saturated rings. The SMILES string of the molecule is COc1ccc2c(C(=O)NC(C)c3cnn(C)c3)cc(=O)oc2c1. The number of ether oxygens (including phenoxy) is 1. The summed E-state index contributed by atoms with van der Waals surface area (Å²) in [5, 5.41) is 7.50. The average molecular weight is 327 g/mol. The van der Waals surface area contributed by atoms with Crippen LogP contribution in [0.25, 0.3) is 11.0 Å². The highest BCUT2D eigenvalue weighted by molar-refractivity contribution is 6.05. The van der Waals surface area contributed by atoms with Crippen molar-refractivity contribution >= 4 is 16.9 Å². The number of hydrogen-bond donors (Lipinski definition) is 1. The van der Waals surface area contributed by atoms with Crippen LogP contribution in [0.4, 0.5) is 0 Å². The molecule has 0 saturated carbocycles. The van der Waals surface area contributed by atoms with Crippen molar-refractivity contribution < 1.29 is 13.9 Å². The molecule has 1 unspecified atom stereocenters. The van der Waals surface area contributed by atoms with Gasteiger partial charge in [-0.2, -0.15) is 5.10 Å². The highest BCUT2D eigenvalue weighted by atomic mass is 16.5. The molecular weight excluding hydrogens is 310 g/mol. The third kappa shape index (κ3) is 3.01. The first-order valence-corrected chi connectivity index (χ1v) is 7.39. The minimum Gasteiger partial charge on any atom is -0.497 e. The maximum atomic E-state index is 12.6. The van der Waals surface area contributed by atoms with E-state index in [9.17, 15) is 9.59 Å². The van der Waals surface area contributed by atoms with Gasteiger partial charge in [-0.05, 0) is 19.1 Å². The van der Waals surface area contributed by atoms with Gasteiger partial charge in [0.25, 0.3) is 5.91 Å². The van der Waals surface area contributed by atoms with Gasteiger partial charge in [0.15, 0.2) is 0 Å². The standard InChI is InChI=1S/C17H17N3O4/c1-10(11-8-18-20(2)9-11)19-17(22)14-7-16(21)24-15-6-12(23-3)4-5-13(14)15/h4-10H,1-3H3,(H,19,22). The quantitative estimate of drug-likeness (QED) is 0.741. The molecule has 7 nitrogen and oxygen atoms in total. The van der Waals surface area contributed by atoms with Crippen LogP contribution < -0.4 is 15.7 Å². The second-order valence-electron chi connectivity index (χ2n) is 5.48. The summed E-state index contributed by atoms with van der Waals surface area (Å²) in [7, 11) is 3.33. The number of amides is 1. The number of carbonyl (C=O) groups excluding carboxylic acids is 1. The van der Waals surface area contributed by atoms with Crippen LogP contribution in [-0.2, 0) is 7.05 Å². The molecule has 24 heavy (non-hydrogen) atoms. The van der Waals surface area contributed by atoms with Gasteiger partial charge in [-0.1, -0.05) is 0 Å². The Morgan fingerprint density at radius 1 is 1.38 bits per heavy atom. The average Bonchev–Trinajstić information content (AvgIpc) is 2.99. The molecule has 0 bridgehead atoms. The Balaban J connectivity index is 1.96. The lowest BCUT2D eigenvalue weighted by molar-refractivity contribution is 0.0941. The van der Waals surface area contributed by atoms with Crippen LogP contribution in [0.5, 0.6) is 5.75 Å². The van der Waals surface area contributed by atoms with Gasteiger partial charge in [-0.15, -0.1) is 0 Å². The van der Waals surface area contributed by atoms with E-state index in [4.69, 9.17) is 9.15 Å². The van der Waals surface area contributed by atoms with E-state index in [1.165, 1.54) is 13.2 Å². The largest absolute Gasteiger partial charge is 0.497 e. The van der Waals surface area contributed by atoms with Crippen molar-refractivity contribution in [1.29, 1.82) is 0 Å². The smallest absolute Gasteiger partial charge is 0.337 e. The van der Waals surface area contributed by atoms with Gasteiger partial charge in [0.05, 0.1) is 24.9 Å². The van der Waals surface area contributed by atoms with E-state index in [0.29, 0.717) is 16.7 Å². The molecule has 0 saturated heterocycles. The zero-order valence-corrected chi connectivity index (χ0v) is 13.6. The summed E-state index contributed by atoms with van der Waals surface area (Å²) < 4.78 is 11.9. The van der Waals surface area contributed by atoms with Gasteiger partial charge in [-0.3, -0.25) is 9.48 Å². The Labute approximate surface area is 137 Å². The third-order valence-corrected chi connectivity index (χ3v) is 3.77. The van der Waals surface area contributed by atoms with E-state index >= 15 is 0 Å². The molecule has 124 valence electrons. The highest BCUT2D eigenvalue weighted by Crippen LogP contribution is 2.23. The molecule has 3 rings (SSSR count). The molecule has 7 heteroatoms. The van der Waals surface area contributed by atoms with Crippen LogP contribution in [-0.4, -0.2) is 22.8 Å². The van der Waals surface area contributed by atoms with Gasteiger partial charge >= 0.3 is 5.63 Å². The van der Waals surface area contributed by atoms with Crippen LogP contribution in [0.3, 0.4) is 0 Å². The normalized spacial score (nSPS) is 12.1. The van der Waals surface area contributed by atoms with Crippen molar-refractivity contribution in [2.45, 2.75) is 13.0 Å². The van der Waals surface area contributed by atoms with Gasteiger partial charge in [0.2, 0.25) is 0 Å². The summed E-state index contributed by atoms with van der Waals surface area (Å²) in [6.07, 6.45) is 3.51. The van der Waals surface area contributed by atoms with E-state index in [2.05, 4.69) is 10.4 Å². The van der Waals surface area contributed by atoms with Crippen molar-refractivity contribution in [1.82, 2.24) is 15.1 Å². The number of fused-ring (bicyclic) bond motifs is 1. The number of aryl methyl sites for hydroxylation is 1. The highest BCUT2D eigenvalue weighted by Gasteiger charge is 2.17. The first-order valence-electron chi connectivity index (χ1n) is 7.39. The molecule has 1 N–H and O–H groups in total.